The summed E-state index contributed by atoms with van der Waals surface area (Å²) in [4.78, 5) is 17.8. The van der Waals surface area contributed by atoms with Gasteiger partial charge in [-0.3, -0.25) is 9.80 Å². The number of nitrogens with zero attached hydrogens (tertiary/aromatic N) is 2. The monoisotopic (exact) mass is 281 g/mol. The molecule has 1 N–H and O–H groups in total. The van der Waals surface area contributed by atoms with E-state index in [1.807, 2.05) is 6.92 Å². The van der Waals surface area contributed by atoms with Crippen molar-refractivity contribution in [1.29, 1.82) is 0 Å². The maximum absolute atomic E-state index is 12.8. The van der Waals surface area contributed by atoms with Gasteiger partial charge in [-0.05, 0) is 32.7 Å². The van der Waals surface area contributed by atoms with Crippen molar-refractivity contribution in [3.05, 3.63) is 0 Å². The first kappa shape index (κ1) is 14.3. The van der Waals surface area contributed by atoms with E-state index >= 15 is 0 Å². The molecule has 0 saturated carbocycles. The molecule has 2 atom stereocenters. The zero-order chi connectivity index (χ0) is 14.0. The maximum Gasteiger partial charge on any atom is 0.328 e. The average Bonchev–Trinajstić information content (AvgIpc) is 2.89. The summed E-state index contributed by atoms with van der Waals surface area (Å²) in [6.45, 7) is 8.48. The third-order valence-electron chi connectivity index (χ3n) is 5.26. The maximum atomic E-state index is 12.8. The molecule has 0 aromatic carbocycles. The molecular formula is C15H27N3O2. The van der Waals surface area contributed by atoms with Gasteiger partial charge in [0, 0.05) is 38.8 Å². The Morgan fingerprint density at radius 3 is 2.80 bits per heavy atom. The summed E-state index contributed by atoms with van der Waals surface area (Å²) in [5.74, 6) is 0.0244. The fourth-order valence-electron chi connectivity index (χ4n) is 4.34. The van der Waals surface area contributed by atoms with E-state index in [9.17, 15) is 4.79 Å². The van der Waals surface area contributed by atoms with Gasteiger partial charge in [0.25, 0.3) is 0 Å². The van der Waals surface area contributed by atoms with Crippen molar-refractivity contribution >= 4 is 5.97 Å². The zero-order valence-corrected chi connectivity index (χ0v) is 12.6. The Morgan fingerprint density at radius 2 is 2.05 bits per heavy atom. The number of piperidine rings is 1. The Kier molecular flexibility index (Phi) is 4.29. The van der Waals surface area contributed by atoms with Gasteiger partial charge >= 0.3 is 5.97 Å². The lowest BCUT2D eigenvalue weighted by Gasteiger charge is -2.47. The van der Waals surface area contributed by atoms with E-state index in [1.54, 1.807) is 0 Å². The predicted molar refractivity (Wildman–Crippen MR) is 77.6 cm³/mol. The Bertz CT molecular complexity index is 357. The normalized spacial score (nSPS) is 35.8. The van der Waals surface area contributed by atoms with Crippen molar-refractivity contribution in [2.45, 2.75) is 44.2 Å². The zero-order valence-electron chi connectivity index (χ0n) is 12.6. The Labute approximate surface area is 121 Å². The van der Waals surface area contributed by atoms with Crippen LogP contribution in [0.1, 0.15) is 32.6 Å². The van der Waals surface area contributed by atoms with Crippen LogP contribution in [0.5, 0.6) is 0 Å². The lowest BCUT2D eigenvalue weighted by atomic mass is 9.83. The summed E-state index contributed by atoms with van der Waals surface area (Å²) >= 11 is 0. The molecule has 0 aromatic rings. The van der Waals surface area contributed by atoms with E-state index in [-0.39, 0.29) is 11.5 Å². The summed E-state index contributed by atoms with van der Waals surface area (Å²) in [6, 6.07) is 0.369. The standard InChI is InChI=1S/C15H27N3O2/c1-2-20-14(19)15(18-11-7-16-8-12-18)6-10-17-9-4-3-5-13(15)17/h13,16H,2-12H2,1H3. The Balaban J connectivity index is 1.88. The summed E-state index contributed by atoms with van der Waals surface area (Å²) in [6.07, 6.45) is 4.60. The number of piperazine rings is 1. The molecule has 0 amide bonds. The minimum Gasteiger partial charge on any atom is -0.465 e. The van der Waals surface area contributed by atoms with Crippen LogP contribution < -0.4 is 5.32 Å². The quantitative estimate of drug-likeness (QED) is 0.761. The molecule has 0 aromatic heterocycles. The van der Waals surface area contributed by atoms with Crippen LogP contribution in [0.4, 0.5) is 0 Å². The lowest BCUT2D eigenvalue weighted by Crippen LogP contribution is -2.66. The lowest BCUT2D eigenvalue weighted by molar-refractivity contribution is -0.161. The molecule has 5 heteroatoms. The number of carbonyl (C=O) groups excluding carboxylic acids is 1. The summed E-state index contributed by atoms with van der Waals surface area (Å²) in [5, 5.41) is 3.39. The molecule has 3 saturated heterocycles. The van der Waals surface area contributed by atoms with Crippen LogP contribution >= 0.6 is 0 Å². The van der Waals surface area contributed by atoms with Crippen molar-refractivity contribution in [3.8, 4) is 0 Å². The van der Waals surface area contributed by atoms with E-state index in [0.717, 1.165) is 52.1 Å². The first-order valence-electron chi connectivity index (χ1n) is 8.16. The van der Waals surface area contributed by atoms with Gasteiger partial charge in [0.05, 0.1) is 6.61 Å². The van der Waals surface area contributed by atoms with Crippen LogP contribution in [0.3, 0.4) is 0 Å². The molecule has 0 bridgehead atoms. The average molecular weight is 281 g/mol. The van der Waals surface area contributed by atoms with Gasteiger partial charge in [0.2, 0.25) is 0 Å². The fourth-order valence-corrected chi connectivity index (χ4v) is 4.34. The fraction of sp³-hybridized carbons (Fsp3) is 0.933. The number of carbonyl (C=O) groups is 1. The minimum atomic E-state index is -0.376. The van der Waals surface area contributed by atoms with Gasteiger partial charge in [0.15, 0.2) is 0 Å². The predicted octanol–water partition coefficient (Wildman–Crippen LogP) is 0.452. The molecule has 0 aliphatic carbocycles. The number of fused-ring (bicyclic) bond motifs is 1. The van der Waals surface area contributed by atoms with Gasteiger partial charge < -0.3 is 10.1 Å². The van der Waals surface area contributed by atoms with E-state index in [1.165, 1.54) is 12.8 Å². The summed E-state index contributed by atoms with van der Waals surface area (Å²) in [5.41, 5.74) is -0.376. The van der Waals surface area contributed by atoms with Crippen LogP contribution in [0, 0.1) is 0 Å². The third-order valence-corrected chi connectivity index (χ3v) is 5.26. The van der Waals surface area contributed by atoms with Gasteiger partial charge in [-0.15, -0.1) is 0 Å². The second kappa shape index (κ2) is 6.00. The highest BCUT2D eigenvalue weighted by molar-refractivity contribution is 5.82. The van der Waals surface area contributed by atoms with E-state index in [2.05, 4.69) is 15.1 Å². The molecule has 3 heterocycles. The van der Waals surface area contributed by atoms with E-state index in [0.29, 0.717) is 12.6 Å². The van der Waals surface area contributed by atoms with Crippen molar-refractivity contribution in [1.82, 2.24) is 15.1 Å². The molecule has 20 heavy (non-hydrogen) atoms. The third kappa shape index (κ3) is 2.26. The highest BCUT2D eigenvalue weighted by atomic mass is 16.5. The molecule has 114 valence electrons. The van der Waals surface area contributed by atoms with Crippen molar-refractivity contribution in [2.24, 2.45) is 0 Å². The highest BCUT2D eigenvalue weighted by Gasteiger charge is 2.57. The molecule has 2 unspecified atom stereocenters. The topological polar surface area (TPSA) is 44.8 Å². The molecule has 0 radical (unpaired) electrons. The van der Waals surface area contributed by atoms with Gasteiger partial charge in [-0.2, -0.15) is 0 Å². The van der Waals surface area contributed by atoms with Crippen molar-refractivity contribution in [3.63, 3.8) is 0 Å². The molecular weight excluding hydrogens is 254 g/mol. The van der Waals surface area contributed by atoms with Crippen LogP contribution in [0.25, 0.3) is 0 Å². The SMILES string of the molecule is CCOC(=O)C1(N2CCNCC2)CCN2CCCCC21. The second-order valence-electron chi connectivity index (χ2n) is 6.18. The Morgan fingerprint density at radius 1 is 1.25 bits per heavy atom. The molecule has 0 spiro atoms. The van der Waals surface area contributed by atoms with Crippen LogP contribution in [-0.4, -0.2) is 73.2 Å². The van der Waals surface area contributed by atoms with Crippen molar-refractivity contribution in [2.75, 3.05) is 45.9 Å². The van der Waals surface area contributed by atoms with E-state index in [4.69, 9.17) is 4.74 Å². The number of rotatable bonds is 3. The number of hydrogen-bond acceptors (Lipinski definition) is 5. The molecule has 5 nitrogen and oxygen atoms in total. The van der Waals surface area contributed by atoms with E-state index < -0.39 is 0 Å². The minimum absolute atomic E-state index is 0.0244. The van der Waals surface area contributed by atoms with Crippen molar-refractivity contribution < 1.29 is 9.53 Å². The smallest absolute Gasteiger partial charge is 0.328 e. The summed E-state index contributed by atoms with van der Waals surface area (Å²) < 4.78 is 5.50. The van der Waals surface area contributed by atoms with Gasteiger partial charge in [0.1, 0.15) is 5.54 Å². The number of hydrogen-bond donors (Lipinski definition) is 1. The van der Waals surface area contributed by atoms with Crippen LogP contribution in [0.15, 0.2) is 0 Å². The number of ether oxygens (including phenoxy) is 1. The van der Waals surface area contributed by atoms with Crippen LogP contribution in [-0.2, 0) is 9.53 Å². The highest BCUT2D eigenvalue weighted by Crippen LogP contribution is 2.40. The molecule has 3 aliphatic rings. The first-order chi connectivity index (χ1) is 9.79. The Hall–Kier alpha value is -0.650. The molecule has 3 aliphatic heterocycles. The first-order valence-corrected chi connectivity index (χ1v) is 8.16. The largest absolute Gasteiger partial charge is 0.465 e. The van der Waals surface area contributed by atoms with Gasteiger partial charge in [-0.1, -0.05) is 6.42 Å². The van der Waals surface area contributed by atoms with Gasteiger partial charge in [-0.25, -0.2) is 4.79 Å². The molecule has 3 fully saturated rings. The van der Waals surface area contributed by atoms with Crippen LogP contribution in [0.2, 0.25) is 0 Å². The molecule has 3 rings (SSSR count). The summed E-state index contributed by atoms with van der Waals surface area (Å²) in [7, 11) is 0. The number of esters is 1. The second-order valence-corrected chi connectivity index (χ2v) is 6.18. The number of nitrogens with one attached hydrogen (secondary N) is 1.